The average Bonchev–Trinajstić information content (AvgIpc) is 3.34. The maximum atomic E-state index is 13.2. The number of nitrogens with one attached hydrogen (secondary N) is 1. The Labute approximate surface area is 245 Å². The van der Waals surface area contributed by atoms with Crippen LogP contribution < -0.4 is 11.2 Å². The van der Waals surface area contributed by atoms with E-state index in [9.17, 15) is 24.3 Å². The maximum absolute atomic E-state index is 13.2. The summed E-state index contributed by atoms with van der Waals surface area (Å²) in [6.45, 7) is 1.08. The first-order valence-corrected chi connectivity index (χ1v) is 13.7. The minimum absolute atomic E-state index is 0.0557. The summed E-state index contributed by atoms with van der Waals surface area (Å²) in [5, 5.41) is 10.8. The van der Waals surface area contributed by atoms with Gasteiger partial charge in [-0.1, -0.05) is 66.7 Å². The summed E-state index contributed by atoms with van der Waals surface area (Å²) in [5.74, 6) is -1.03. The first-order chi connectivity index (χ1) is 20.8. The van der Waals surface area contributed by atoms with E-state index in [1.807, 2.05) is 48.5 Å². The maximum Gasteiger partial charge on any atom is 0.508 e. The quantitative estimate of drug-likeness (QED) is 0.326. The number of aliphatic hydroxyl groups is 1. The Morgan fingerprint density at radius 1 is 0.907 bits per heavy atom. The van der Waals surface area contributed by atoms with Crippen LogP contribution in [0.2, 0.25) is 0 Å². The third kappa shape index (κ3) is 5.47. The summed E-state index contributed by atoms with van der Waals surface area (Å²) in [7, 11) is 0. The molecular formula is C32H28N2O9. The predicted octanol–water partition coefficient (Wildman–Crippen LogP) is 3.29. The molecule has 0 amide bonds. The van der Waals surface area contributed by atoms with Crippen molar-refractivity contribution in [2.45, 2.75) is 37.4 Å². The highest BCUT2D eigenvalue weighted by molar-refractivity contribution is 5.89. The van der Waals surface area contributed by atoms with Gasteiger partial charge in [0.05, 0.1) is 12.2 Å². The zero-order chi connectivity index (χ0) is 30.1. The van der Waals surface area contributed by atoms with Gasteiger partial charge in [-0.05, 0) is 41.3 Å². The van der Waals surface area contributed by atoms with Crippen LogP contribution >= 0.6 is 0 Å². The number of hydrogen-bond acceptors (Lipinski definition) is 9. The zero-order valence-electron chi connectivity index (χ0n) is 23.0. The zero-order valence-corrected chi connectivity index (χ0v) is 23.0. The Bertz CT molecular complexity index is 1740. The lowest BCUT2D eigenvalue weighted by atomic mass is 9.98. The van der Waals surface area contributed by atoms with Crippen LogP contribution in [0.3, 0.4) is 0 Å². The van der Waals surface area contributed by atoms with Crippen LogP contribution in [0, 0.1) is 6.92 Å². The van der Waals surface area contributed by atoms with Crippen LogP contribution in [0.5, 0.6) is 0 Å². The second kappa shape index (κ2) is 11.7. The molecule has 2 aliphatic rings. The molecule has 0 saturated carbocycles. The number of benzene rings is 3. The lowest BCUT2D eigenvalue weighted by Crippen LogP contribution is -2.56. The van der Waals surface area contributed by atoms with Crippen LogP contribution in [-0.2, 0) is 18.9 Å². The fourth-order valence-electron chi connectivity index (χ4n) is 5.55. The highest BCUT2D eigenvalue weighted by Crippen LogP contribution is 2.44. The van der Waals surface area contributed by atoms with Crippen molar-refractivity contribution in [1.29, 1.82) is 0 Å². The number of aryl methyl sites for hydroxylation is 1. The van der Waals surface area contributed by atoms with Gasteiger partial charge in [-0.25, -0.2) is 14.4 Å². The molecule has 0 bridgehead atoms. The molecule has 2 N–H and O–H groups in total. The summed E-state index contributed by atoms with van der Waals surface area (Å²) < 4.78 is 23.6. The van der Waals surface area contributed by atoms with Gasteiger partial charge in [-0.2, -0.15) is 0 Å². The van der Waals surface area contributed by atoms with Gasteiger partial charge in [0.15, 0.2) is 18.4 Å². The van der Waals surface area contributed by atoms with Gasteiger partial charge in [-0.15, -0.1) is 0 Å². The fraction of sp³-hybridized carbons (Fsp3) is 0.250. The third-order valence-corrected chi connectivity index (χ3v) is 7.66. The van der Waals surface area contributed by atoms with E-state index in [-0.39, 0.29) is 30.3 Å². The number of fused-ring (bicyclic) bond motifs is 3. The van der Waals surface area contributed by atoms with Gasteiger partial charge in [0.2, 0.25) is 0 Å². The molecule has 4 aromatic rings. The van der Waals surface area contributed by atoms with Crippen LogP contribution in [-0.4, -0.2) is 58.3 Å². The van der Waals surface area contributed by atoms with E-state index in [1.54, 1.807) is 18.2 Å². The van der Waals surface area contributed by atoms with Crippen molar-refractivity contribution in [2.75, 3.05) is 13.2 Å². The molecule has 11 heteroatoms. The standard InChI is InChI=1S/C32H28N2O9/c1-18-15-34(31(38)33-28(18)36)29-27(26(25(35)17-40-29)42-30(37)19-9-3-2-4-10-19)43-32(39)41-16-24-22-13-7-5-11-20(22)21-12-6-8-14-23(21)24/h2-15,24-27,29,35H,16-17H2,1H3,(H,33,36,38)/t25-,26-,27+,29+/m0/s1. The molecule has 3 aromatic carbocycles. The summed E-state index contributed by atoms with van der Waals surface area (Å²) >= 11 is 0. The predicted molar refractivity (Wildman–Crippen MR) is 153 cm³/mol. The number of carbonyl (C=O) groups excluding carboxylic acids is 2. The van der Waals surface area contributed by atoms with Crippen LogP contribution in [0.1, 0.15) is 39.2 Å². The van der Waals surface area contributed by atoms with E-state index in [1.165, 1.54) is 25.3 Å². The van der Waals surface area contributed by atoms with Gasteiger partial charge in [0.1, 0.15) is 12.7 Å². The minimum atomic E-state index is -1.52. The summed E-state index contributed by atoms with van der Waals surface area (Å²) in [5.41, 5.74) is 3.03. The van der Waals surface area contributed by atoms with Crippen molar-refractivity contribution < 1.29 is 33.6 Å². The molecule has 220 valence electrons. The molecule has 11 nitrogen and oxygen atoms in total. The number of ether oxygens (including phenoxy) is 4. The van der Waals surface area contributed by atoms with Gasteiger partial charge in [0, 0.05) is 17.7 Å². The van der Waals surface area contributed by atoms with Gasteiger partial charge in [-0.3, -0.25) is 14.3 Å². The van der Waals surface area contributed by atoms with Crippen molar-refractivity contribution in [1.82, 2.24) is 9.55 Å². The normalized spacial score (nSPS) is 21.0. The second-order valence-electron chi connectivity index (χ2n) is 10.4. The summed E-state index contributed by atoms with van der Waals surface area (Å²) in [6, 6.07) is 23.8. The smallest absolute Gasteiger partial charge is 0.452 e. The van der Waals surface area contributed by atoms with Crippen molar-refractivity contribution in [2.24, 2.45) is 0 Å². The van der Waals surface area contributed by atoms with E-state index in [4.69, 9.17) is 18.9 Å². The molecule has 2 heterocycles. The second-order valence-corrected chi connectivity index (χ2v) is 10.4. The monoisotopic (exact) mass is 584 g/mol. The Morgan fingerprint density at radius 3 is 2.21 bits per heavy atom. The van der Waals surface area contributed by atoms with E-state index in [2.05, 4.69) is 4.98 Å². The molecule has 0 spiro atoms. The van der Waals surface area contributed by atoms with Crippen molar-refractivity contribution >= 4 is 12.1 Å². The Balaban J connectivity index is 1.27. The first-order valence-electron chi connectivity index (χ1n) is 13.7. The number of hydrogen-bond donors (Lipinski definition) is 2. The summed E-state index contributed by atoms with van der Waals surface area (Å²) in [4.78, 5) is 53.2. The number of aliphatic hydroxyl groups excluding tert-OH is 1. The average molecular weight is 585 g/mol. The van der Waals surface area contributed by atoms with Gasteiger partial charge < -0.3 is 24.1 Å². The molecular weight excluding hydrogens is 556 g/mol. The highest BCUT2D eigenvalue weighted by atomic mass is 16.7. The number of rotatable bonds is 6. The Hall–Kier alpha value is -5.00. The number of esters is 1. The molecule has 1 aromatic heterocycles. The SMILES string of the molecule is Cc1cn([C@@H]2OC[C@H](O)[C@H](OC(=O)c3ccccc3)[C@H]2OC(=O)OCC2c3ccccc3-c3ccccc32)c(=O)[nH]c1=O. The summed E-state index contributed by atoms with van der Waals surface area (Å²) in [6.07, 6.45) is -5.60. The minimum Gasteiger partial charge on any atom is -0.452 e. The van der Waals surface area contributed by atoms with Crippen LogP contribution in [0.4, 0.5) is 4.79 Å². The van der Waals surface area contributed by atoms with Gasteiger partial charge >= 0.3 is 17.8 Å². The molecule has 1 saturated heterocycles. The van der Waals surface area contributed by atoms with E-state index < -0.39 is 47.9 Å². The Morgan fingerprint density at radius 2 is 1.53 bits per heavy atom. The third-order valence-electron chi connectivity index (χ3n) is 7.66. The van der Waals surface area contributed by atoms with Crippen LogP contribution in [0.25, 0.3) is 11.1 Å². The van der Waals surface area contributed by atoms with Gasteiger partial charge in [0.25, 0.3) is 5.56 Å². The van der Waals surface area contributed by atoms with E-state index in [0.29, 0.717) is 0 Å². The molecule has 0 radical (unpaired) electrons. The fourth-order valence-corrected chi connectivity index (χ4v) is 5.55. The number of aromatic nitrogens is 2. The number of carbonyl (C=O) groups is 2. The number of aromatic amines is 1. The van der Waals surface area contributed by atoms with Crippen molar-refractivity contribution in [3.8, 4) is 11.1 Å². The molecule has 4 atom stereocenters. The molecule has 1 aliphatic heterocycles. The largest absolute Gasteiger partial charge is 0.508 e. The highest BCUT2D eigenvalue weighted by Gasteiger charge is 2.47. The first kappa shape index (κ1) is 28.1. The van der Waals surface area contributed by atoms with Crippen LogP contribution in [0.15, 0.2) is 94.6 Å². The van der Waals surface area contributed by atoms with E-state index in [0.717, 1.165) is 26.8 Å². The van der Waals surface area contributed by atoms with Crippen molar-refractivity contribution in [3.63, 3.8) is 0 Å². The molecule has 1 aliphatic carbocycles. The topological polar surface area (TPSA) is 146 Å². The molecule has 0 unspecified atom stereocenters. The number of H-pyrrole nitrogens is 1. The molecule has 6 rings (SSSR count). The molecule has 1 fully saturated rings. The lowest BCUT2D eigenvalue weighted by Gasteiger charge is -2.39. The Kier molecular flexibility index (Phi) is 7.66. The number of nitrogens with zero attached hydrogens (tertiary/aromatic N) is 1. The molecule has 43 heavy (non-hydrogen) atoms. The van der Waals surface area contributed by atoms with Crippen molar-refractivity contribution in [3.05, 3.63) is 128 Å². The van der Waals surface area contributed by atoms with E-state index >= 15 is 0 Å². The lowest BCUT2D eigenvalue weighted by molar-refractivity contribution is -0.216.